The summed E-state index contributed by atoms with van der Waals surface area (Å²) in [4.78, 5) is 0. The minimum Gasteiger partial charge on any atom is -0.303 e. The highest BCUT2D eigenvalue weighted by Gasteiger charge is 1.71. The molecule has 206 valence electrons. The van der Waals surface area contributed by atoms with Crippen molar-refractivity contribution >= 4 is 0 Å². The number of hydrogen-bond donors (Lipinski definition) is 4. The van der Waals surface area contributed by atoms with Gasteiger partial charge in [-0.3, -0.25) is 0 Å². The molecule has 0 aliphatic carbocycles. The standard InChI is InChI=1S/2H3N19.5H2/c2*1-3-5-7-9-11-13-15-17-19-18-16-14-12-10-8-6-4-2;;;;;/h2*(H3,1,2,5,6,9,10,13,14,17,18);5*1H/i;;4*1+2T;1+2. The second-order valence-electron chi connectivity index (χ2n) is 3.11. The second-order valence-corrected chi connectivity index (χ2v) is 3.11. The Balaban J connectivity index is -0.000000110. The van der Waals surface area contributed by atoms with Gasteiger partial charge in [-0.25, -0.2) is 0 Å². The molecule has 0 spiro atoms. The topological polar surface area (TPSA) is 520 Å². The zero-order chi connectivity index (χ0) is 36.0. The second kappa shape index (κ2) is 34.0. The zero-order valence-corrected chi connectivity index (χ0v) is 17.4. The van der Waals surface area contributed by atoms with Gasteiger partial charge in [0.15, 0.2) is 0 Å². The molecule has 0 amide bonds. The van der Waals surface area contributed by atoms with Gasteiger partial charge in [-0.05, 0) is 157 Å². The minimum atomic E-state index is 0. The summed E-state index contributed by atoms with van der Waals surface area (Å²) < 4.78 is 40.0. The molecule has 38 nitrogen and oxygen atoms in total. The van der Waals surface area contributed by atoms with Crippen LogP contribution in [-0.4, -0.2) is 0 Å². The SMILES string of the molecule is N=N/N=N/N=N/N=N/N=N/N=N/N=N/N=N/N=N/N.N=N/N=N/N=N/N=N/N=N/N=N/N=N/N=N/N=N/N.[3HH].[3H][3H].[3H][3H].[3H][3H].[3H][3H]. The molecule has 0 aliphatic rings. The van der Waals surface area contributed by atoms with Crippen molar-refractivity contribution in [1.82, 2.24) is 0 Å². The summed E-state index contributed by atoms with van der Waals surface area (Å²) in [6.07, 6.45) is 0. The first kappa shape index (κ1) is 25.0. The highest BCUT2D eigenvalue weighted by atomic mass is 15.7. The van der Waals surface area contributed by atoms with Crippen LogP contribution in [0.3, 0.4) is 0 Å². The van der Waals surface area contributed by atoms with Gasteiger partial charge in [-0.2, -0.15) is 11.1 Å². The van der Waals surface area contributed by atoms with Gasteiger partial charge in [0.2, 0.25) is 0 Å². The molecule has 0 aromatic carbocycles. The number of nitrogens with two attached hydrogens (primary N) is 2. The first-order valence-electron chi connectivity index (χ1n) is 11.4. The van der Waals surface area contributed by atoms with Crippen molar-refractivity contribution in [2.45, 2.75) is 0 Å². The summed E-state index contributed by atoms with van der Waals surface area (Å²) in [6, 6.07) is 0. The van der Waals surface area contributed by atoms with Crippen LogP contribution in [0.15, 0.2) is 178 Å². The Hall–Kier alpha value is -7.60. The Morgan fingerprint density at radius 2 is 0.395 bits per heavy atom. The lowest BCUT2D eigenvalue weighted by molar-refractivity contribution is 0.739. The molecule has 0 unspecified atom stereocenters. The van der Waals surface area contributed by atoms with Crippen LogP contribution in [0.2, 0.25) is 0 Å². The summed E-state index contributed by atoms with van der Waals surface area (Å²) in [7, 11) is 0. The molecule has 0 rings (SSSR count). The largest absolute Gasteiger partial charge is 0.303 e. The van der Waals surface area contributed by atoms with Crippen molar-refractivity contribution < 1.29 is 13.3 Å². The van der Waals surface area contributed by atoms with Gasteiger partial charge >= 0.3 is 0 Å². The van der Waals surface area contributed by atoms with Crippen molar-refractivity contribution in [3.8, 4) is 0 Å². The van der Waals surface area contributed by atoms with E-state index in [0.29, 0.717) is 0 Å². The van der Waals surface area contributed by atoms with E-state index < -0.39 is 0 Å². The fourth-order valence-electron chi connectivity index (χ4n) is 0.551. The van der Waals surface area contributed by atoms with E-state index in [1.807, 2.05) is 0 Å². The summed E-state index contributed by atoms with van der Waals surface area (Å²) in [5.41, 5.74) is 12.4. The quantitative estimate of drug-likeness (QED) is 0.0879. The van der Waals surface area contributed by atoms with Gasteiger partial charge in [-0.1, -0.05) is 10.4 Å². The molecule has 38 heavy (non-hydrogen) atoms. The third-order valence-electron chi connectivity index (χ3n) is 1.31. The van der Waals surface area contributed by atoms with Gasteiger partial charge in [0.25, 0.3) is 0 Å². The molecular weight excluding hydrogens is 532 g/mol. The number of nitrogens with one attached hydrogen (secondary N) is 2. The van der Waals surface area contributed by atoms with Crippen LogP contribution in [0.5, 0.6) is 0 Å². The molecule has 0 saturated carbocycles. The molecular formula is H16N38. The van der Waals surface area contributed by atoms with Gasteiger partial charge in [-0.15, -0.1) is 0 Å². The molecule has 0 aromatic heterocycles. The van der Waals surface area contributed by atoms with Crippen LogP contribution in [0.25, 0.3) is 0 Å². The van der Waals surface area contributed by atoms with E-state index in [-0.39, 0.29) is 1.43 Å². The molecule has 0 bridgehead atoms. The highest BCUT2D eigenvalue weighted by Crippen LogP contribution is 1.90. The Morgan fingerprint density at radius 1 is 0.263 bits per heavy atom. The van der Waals surface area contributed by atoms with E-state index in [1.165, 1.54) is 0 Å². The number of nitrogens with zero attached hydrogens (tertiary/aromatic N) is 34. The van der Waals surface area contributed by atoms with E-state index in [0.717, 1.165) is 0 Å². The molecule has 0 fully saturated rings. The van der Waals surface area contributed by atoms with Gasteiger partial charge in [0.1, 0.15) is 0 Å². The van der Waals surface area contributed by atoms with Crippen LogP contribution >= 0.6 is 0 Å². The summed E-state index contributed by atoms with van der Waals surface area (Å²) in [6.45, 7) is 0. The molecule has 0 aromatic rings. The van der Waals surface area contributed by atoms with Crippen LogP contribution in [-0.2, 0) is 0 Å². The summed E-state index contributed by atoms with van der Waals surface area (Å²) >= 11 is 0. The van der Waals surface area contributed by atoms with Crippen LogP contribution in [0.1, 0.15) is 13.3 Å². The third kappa shape index (κ3) is 35.8. The van der Waals surface area contributed by atoms with E-state index in [2.05, 4.69) is 189 Å². The maximum absolute atomic E-state index is 6.18. The first-order chi connectivity index (χ1) is 22.8. The maximum Gasteiger partial charge on any atom is 0 e. The van der Waals surface area contributed by atoms with E-state index in [4.69, 9.17) is 22.9 Å². The zero-order valence-electron chi connectivity index (χ0n) is 25.4. The highest BCUT2D eigenvalue weighted by molar-refractivity contribution is 4.14. The summed E-state index contributed by atoms with van der Waals surface area (Å²) in [5, 5.41) is 98.5. The Kier molecular flexibility index (Phi) is 22.4. The molecule has 38 heteroatoms. The van der Waals surface area contributed by atoms with Crippen molar-refractivity contribution in [2.75, 3.05) is 0 Å². The Labute approximate surface area is 215 Å². The molecule has 0 atom stereocenters. The van der Waals surface area contributed by atoms with Crippen molar-refractivity contribution in [3.05, 3.63) is 0 Å². The van der Waals surface area contributed by atoms with E-state index in [9.17, 15) is 0 Å². The number of rotatable bonds is 16. The van der Waals surface area contributed by atoms with Gasteiger partial charge < -0.3 is 11.7 Å². The molecule has 0 heterocycles. The fraction of sp³-hybridized carbons (Fsp3) is 0. The van der Waals surface area contributed by atoms with Crippen molar-refractivity contribution in [3.63, 3.8) is 0 Å². The lowest BCUT2D eigenvalue weighted by atomic mass is 12.3. The van der Waals surface area contributed by atoms with Crippen LogP contribution in [0.4, 0.5) is 0 Å². The lowest BCUT2D eigenvalue weighted by Gasteiger charge is -1.69. The Bertz CT molecular complexity index is 984. The minimum absolute atomic E-state index is 0. The summed E-state index contributed by atoms with van der Waals surface area (Å²) in [5.74, 6) is 9.18. The van der Waals surface area contributed by atoms with Crippen LogP contribution in [0, 0.1) is 11.1 Å². The van der Waals surface area contributed by atoms with Crippen molar-refractivity contribution in [1.29, 1.82) is 11.1 Å². The molecule has 0 radical (unpaired) electrons. The van der Waals surface area contributed by atoms with Gasteiger partial charge in [0, 0.05) is 23.8 Å². The van der Waals surface area contributed by atoms with E-state index >= 15 is 0 Å². The smallest absolute Gasteiger partial charge is 0 e. The Morgan fingerprint density at radius 3 is 0.526 bits per heavy atom. The normalized spacial score (nSPS) is 14.9. The molecule has 6 N–H and O–H groups in total. The molecule has 0 saturated heterocycles. The third-order valence-corrected chi connectivity index (χ3v) is 1.31. The average Bonchev–Trinajstić information content (AvgIpc) is 3.12. The fourth-order valence-corrected chi connectivity index (χ4v) is 0.551. The maximum atomic E-state index is 6.18. The predicted octanol–water partition coefficient (Wildman–Crippen LogP) is 6.89. The predicted molar refractivity (Wildman–Crippen MR) is 107 cm³/mol. The van der Waals surface area contributed by atoms with Crippen molar-refractivity contribution in [2.24, 2.45) is 189 Å². The van der Waals surface area contributed by atoms with E-state index in [1.54, 1.807) is 0 Å². The monoisotopic (exact) mass is 566 g/mol. The molecule has 0 aliphatic heterocycles. The first-order valence-corrected chi connectivity index (χ1v) is 7.36. The average molecular weight is 566 g/mol. The van der Waals surface area contributed by atoms with Crippen LogP contribution < -0.4 is 11.7 Å². The van der Waals surface area contributed by atoms with Gasteiger partial charge in [0.05, 0.1) is 0 Å². The number of hydrogen-bond acceptors (Lipinski definition) is 4. The lowest BCUT2D eigenvalue weighted by Crippen LogP contribution is -1.70.